The second kappa shape index (κ2) is 4.28. The molecule has 69 valence electrons. The van der Waals surface area contributed by atoms with Gasteiger partial charge in [0.15, 0.2) is 0 Å². The molecule has 13 heavy (non-hydrogen) atoms. The highest BCUT2D eigenvalue weighted by Crippen LogP contribution is 2.13. The maximum Gasteiger partial charge on any atom is 0.0598 e. The number of rotatable bonds is 1. The van der Waals surface area contributed by atoms with Crippen molar-refractivity contribution in [2.24, 2.45) is 0 Å². The van der Waals surface area contributed by atoms with Gasteiger partial charge in [-0.2, -0.15) is 0 Å². The van der Waals surface area contributed by atoms with Gasteiger partial charge in [0.2, 0.25) is 0 Å². The van der Waals surface area contributed by atoms with Gasteiger partial charge in [-0.25, -0.2) is 5.43 Å². The molecule has 1 fully saturated rings. The van der Waals surface area contributed by atoms with Gasteiger partial charge in [-0.1, -0.05) is 24.6 Å². The summed E-state index contributed by atoms with van der Waals surface area (Å²) in [4.78, 5) is 0. The van der Waals surface area contributed by atoms with E-state index in [1.54, 1.807) is 0 Å². The Hall–Kier alpha value is -1.02. The summed E-state index contributed by atoms with van der Waals surface area (Å²) in [5, 5.41) is 2.20. The number of hydrogen-bond acceptors (Lipinski definition) is 2. The van der Waals surface area contributed by atoms with Gasteiger partial charge in [0.25, 0.3) is 0 Å². The minimum Gasteiger partial charge on any atom is -0.308 e. The van der Waals surface area contributed by atoms with E-state index in [1.807, 2.05) is 12.1 Å². The predicted molar refractivity (Wildman–Crippen MR) is 54.5 cm³/mol. The first-order valence-electron chi connectivity index (χ1n) is 4.94. The van der Waals surface area contributed by atoms with Crippen LogP contribution in [0, 0.1) is 6.07 Å². The van der Waals surface area contributed by atoms with Gasteiger partial charge >= 0.3 is 0 Å². The van der Waals surface area contributed by atoms with Crippen LogP contribution in [0.25, 0.3) is 0 Å². The molecular formula is C11H15N2. The molecule has 0 atom stereocenters. The van der Waals surface area contributed by atoms with E-state index in [0.717, 1.165) is 18.8 Å². The van der Waals surface area contributed by atoms with Gasteiger partial charge in [-0.15, -0.1) is 0 Å². The van der Waals surface area contributed by atoms with E-state index in [-0.39, 0.29) is 0 Å². The van der Waals surface area contributed by atoms with E-state index >= 15 is 0 Å². The fourth-order valence-corrected chi connectivity index (χ4v) is 1.62. The summed E-state index contributed by atoms with van der Waals surface area (Å²) in [6.07, 6.45) is 3.88. The molecular weight excluding hydrogens is 160 g/mol. The molecule has 0 spiro atoms. The zero-order chi connectivity index (χ0) is 8.93. The molecule has 2 heteroatoms. The lowest BCUT2D eigenvalue weighted by Crippen LogP contribution is -2.37. The van der Waals surface area contributed by atoms with Gasteiger partial charge in [0.05, 0.1) is 5.69 Å². The number of nitrogens with zero attached hydrogens (tertiary/aromatic N) is 1. The Kier molecular flexibility index (Phi) is 2.82. The lowest BCUT2D eigenvalue weighted by atomic mass is 10.2. The number of para-hydroxylation sites is 1. The van der Waals surface area contributed by atoms with Gasteiger partial charge in [-0.05, 0) is 18.9 Å². The highest BCUT2D eigenvalue weighted by atomic mass is 15.5. The van der Waals surface area contributed by atoms with Crippen molar-refractivity contribution in [2.75, 3.05) is 18.1 Å². The number of hydrazine groups is 1. The number of nitrogens with one attached hydrogen (secondary N) is 1. The van der Waals surface area contributed by atoms with E-state index < -0.39 is 0 Å². The van der Waals surface area contributed by atoms with Crippen molar-refractivity contribution in [3.8, 4) is 0 Å². The predicted octanol–water partition coefficient (Wildman–Crippen LogP) is 1.98. The van der Waals surface area contributed by atoms with Crippen LogP contribution in [0.5, 0.6) is 0 Å². The van der Waals surface area contributed by atoms with Crippen LogP contribution in [-0.2, 0) is 0 Å². The van der Waals surface area contributed by atoms with E-state index in [9.17, 15) is 0 Å². The normalized spacial score (nSPS) is 18.3. The third-order valence-corrected chi connectivity index (χ3v) is 2.34. The molecule has 0 amide bonds. The average molecular weight is 175 g/mol. The lowest BCUT2D eigenvalue weighted by molar-refractivity contribution is 0.660. The summed E-state index contributed by atoms with van der Waals surface area (Å²) in [5.74, 6) is 0. The van der Waals surface area contributed by atoms with Crippen LogP contribution in [0.2, 0.25) is 0 Å². The molecule has 1 aliphatic rings. The first-order chi connectivity index (χ1) is 6.47. The van der Waals surface area contributed by atoms with Crippen molar-refractivity contribution in [3.63, 3.8) is 0 Å². The molecule has 0 aromatic heterocycles. The van der Waals surface area contributed by atoms with Crippen molar-refractivity contribution in [1.82, 2.24) is 5.43 Å². The Labute approximate surface area is 79.5 Å². The maximum absolute atomic E-state index is 3.40. The van der Waals surface area contributed by atoms with Crippen LogP contribution in [-0.4, -0.2) is 13.1 Å². The van der Waals surface area contributed by atoms with Crippen molar-refractivity contribution < 1.29 is 0 Å². The largest absolute Gasteiger partial charge is 0.308 e. The highest BCUT2D eigenvalue weighted by Gasteiger charge is 2.07. The summed E-state index contributed by atoms with van der Waals surface area (Å²) < 4.78 is 0. The summed E-state index contributed by atoms with van der Waals surface area (Å²) >= 11 is 0. The van der Waals surface area contributed by atoms with E-state index in [4.69, 9.17) is 0 Å². The van der Waals surface area contributed by atoms with Crippen molar-refractivity contribution in [2.45, 2.75) is 19.3 Å². The van der Waals surface area contributed by atoms with Crippen LogP contribution in [0.4, 0.5) is 5.69 Å². The Bertz CT molecular complexity index is 238. The lowest BCUT2D eigenvalue weighted by Gasteiger charge is -2.22. The van der Waals surface area contributed by atoms with Crippen molar-refractivity contribution in [3.05, 3.63) is 30.3 Å². The SMILES string of the molecule is [c]1ccccc1N1CCCCCN1. The molecule has 1 aliphatic heterocycles. The number of benzene rings is 1. The molecule has 1 aromatic rings. The molecule has 0 aliphatic carbocycles. The summed E-state index contributed by atoms with van der Waals surface area (Å²) in [5.41, 5.74) is 4.56. The molecule has 1 saturated heterocycles. The molecule has 1 aromatic carbocycles. The van der Waals surface area contributed by atoms with Gasteiger partial charge in [-0.3, -0.25) is 0 Å². The molecule has 0 bridgehead atoms. The molecule has 1 heterocycles. The average Bonchev–Trinajstić information content (AvgIpc) is 2.47. The first-order valence-corrected chi connectivity index (χ1v) is 4.94. The monoisotopic (exact) mass is 175 g/mol. The van der Waals surface area contributed by atoms with Gasteiger partial charge in [0, 0.05) is 19.2 Å². The third-order valence-electron chi connectivity index (χ3n) is 2.34. The Morgan fingerprint density at radius 2 is 2.23 bits per heavy atom. The summed E-state index contributed by atoms with van der Waals surface area (Å²) in [7, 11) is 0. The van der Waals surface area contributed by atoms with Crippen molar-refractivity contribution in [1.29, 1.82) is 0 Å². The van der Waals surface area contributed by atoms with E-state index in [0.29, 0.717) is 0 Å². The molecule has 2 rings (SSSR count). The molecule has 1 N–H and O–H groups in total. The van der Waals surface area contributed by atoms with Crippen LogP contribution < -0.4 is 10.4 Å². The van der Waals surface area contributed by atoms with Crippen LogP contribution in [0.15, 0.2) is 24.3 Å². The van der Waals surface area contributed by atoms with Crippen LogP contribution >= 0.6 is 0 Å². The zero-order valence-corrected chi connectivity index (χ0v) is 7.79. The topological polar surface area (TPSA) is 15.3 Å². The second-order valence-electron chi connectivity index (χ2n) is 3.37. The molecule has 1 radical (unpaired) electrons. The Morgan fingerprint density at radius 3 is 3.08 bits per heavy atom. The molecule has 0 saturated carbocycles. The van der Waals surface area contributed by atoms with E-state index in [1.165, 1.54) is 19.3 Å². The van der Waals surface area contributed by atoms with Gasteiger partial charge in [0.1, 0.15) is 0 Å². The molecule has 2 nitrogen and oxygen atoms in total. The minimum absolute atomic E-state index is 1.09. The zero-order valence-electron chi connectivity index (χ0n) is 7.79. The van der Waals surface area contributed by atoms with Crippen LogP contribution in [0.3, 0.4) is 0 Å². The number of anilines is 1. The van der Waals surface area contributed by atoms with Crippen LogP contribution in [0.1, 0.15) is 19.3 Å². The molecule has 0 unspecified atom stereocenters. The summed E-state index contributed by atoms with van der Waals surface area (Å²) in [6, 6.07) is 11.3. The maximum atomic E-state index is 3.40. The third kappa shape index (κ3) is 2.22. The van der Waals surface area contributed by atoms with Gasteiger partial charge < -0.3 is 5.01 Å². The fraction of sp³-hybridized carbons (Fsp3) is 0.455. The first kappa shape index (κ1) is 8.57. The van der Waals surface area contributed by atoms with Crippen molar-refractivity contribution >= 4 is 5.69 Å². The fourth-order valence-electron chi connectivity index (χ4n) is 1.62. The smallest absolute Gasteiger partial charge is 0.0598 e. The summed E-state index contributed by atoms with van der Waals surface area (Å²) in [6.45, 7) is 2.18. The minimum atomic E-state index is 1.09. The van der Waals surface area contributed by atoms with E-state index in [2.05, 4.69) is 28.6 Å². The Morgan fingerprint density at radius 1 is 1.23 bits per heavy atom. The standard InChI is InChI=1S/C11H15N2/c1-3-7-11(8-4-1)13-10-6-2-5-9-12-13/h1,3-4,7,12H,2,5-6,9-10H2. The quantitative estimate of drug-likeness (QED) is 0.702. The highest BCUT2D eigenvalue weighted by molar-refractivity contribution is 5.43. The number of hydrogen-bond donors (Lipinski definition) is 1. The second-order valence-corrected chi connectivity index (χ2v) is 3.37. The Balaban J connectivity index is 2.06.